The second-order valence-corrected chi connectivity index (χ2v) is 4.42. The van der Waals surface area contributed by atoms with Crippen molar-refractivity contribution in [3.05, 3.63) is 35.3 Å². The molecule has 0 spiro atoms. The average molecular weight is 235 g/mol. The number of aromatic nitrogens is 1. The second kappa shape index (κ2) is 4.99. The van der Waals surface area contributed by atoms with Crippen LogP contribution in [0.15, 0.2) is 29.8 Å². The predicted octanol–water partition coefficient (Wildman–Crippen LogP) is 2.85. The molecule has 84 valence electrons. The van der Waals surface area contributed by atoms with Crippen LogP contribution in [0.4, 0.5) is 0 Å². The summed E-state index contributed by atoms with van der Waals surface area (Å²) in [5.41, 5.74) is 2.24. The van der Waals surface area contributed by atoms with Crippen molar-refractivity contribution < 1.29 is 9.53 Å². The lowest BCUT2D eigenvalue weighted by atomic mass is 10.2. The van der Waals surface area contributed by atoms with Gasteiger partial charge in [-0.05, 0) is 29.5 Å². The molecule has 2 heterocycles. The zero-order chi connectivity index (χ0) is 11.4. The van der Waals surface area contributed by atoms with Gasteiger partial charge in [-0.2, -0.15) is 0 Å². The highest BCUT2D eigenvalue weighted by molar-refractivity contribution is 7.13. The fraction of sp³-hybridized carbons (Fsp3) is 0.250. The number of carbonyl (C=O) groups is 1. The van der Waals surface area contributed by atoms with Crippen molar-refractivity contribution in [1.82, 2.24) is 4.98 Å². The van der Waals surface area contributed by atoms with Crippen molar-refractivity contribution in [3.8, 4) is 10.6 Å². The maximum absolute atomic E-state index is 11.0. The number of thiophene rings is 1. The van der Waals surface area contributed by atoms with Crippen molar-refractivity contribution in [3.63, 3.8) is 0 Å². The van der Waals surface area contributed by atoms with E-state index in [2.05, 4.69) is 21.9 Å². The SMILES string of the molecule is COC(=O)CCc1c[nH]c(-c2cccs2)c1. The second-order valence-electron chi connectivity index (χ2n) is 3.48. The van der Waals surface area contributed by atoms with Gasteiger partial charge < -0.3 is 9.72 Å². The van der Waals surface area contributed by atoms with Gasteiger partial charge in [-0.15, -0.1) is 11.3 Å². The quantitative estimate of drug-likeness (QED) is 0.828. The molecule has 0 unspecified atom stereocenters. The Labute approximate surface area is 98.1 Å². The summed E-state index contributed by atoms with van der Waals surface area (Å²) in [4.78, 5) is 15.4. The van der Waals surface area contributed by atoms with Crippen LogP contribution < -0.4 is 0 Å². The molecule has 1 N–H and O–H groups in total. The van der Waals surface area contributed by atoms with E-state index in [-0.39, 0.29) is 5.97 Å². The third-order valence-electron chi connectivity index (χ3n) is 2.37. The molecule has 2 rings (SSSR count). The topological polar surface area (TPSA) is 42.1 Å². The van der Waals surface area contributed by atoms with E-state index in [9.17, 15) is 4.79 Å². The van der Waals surface area contributed by atoms with E-state index in [0.29, 0.717) is 12.8 Å². The number of rotatable bonds is 4. The van der Waals surface area contributed by atoms with Gasteiger partial charge in [0.2, 0.25) is 0 Å². The van der Waals surface area contributed by atoms with Gasteiger partial charge >= 0.3 is 5.97 Å². The van der Waals surface area contributed by atoms with Crippen LogP contribution >= 0.6 is 11.3 Å². The minimum Gasteiger partial charge on any atom is -0.469 e. The Kier molecular flexibility index (Phi) is 3.41. The first-order valence-electron chi connectivity index (χ1n) is 5.07. The maximum Gasteiger partial charge on any atom is 0.305 e. The minimum atomic E-state index is -0.168. The first-order chi connectivity index (χ1) is 7.79. The highest BCUT2D eigenvalue weighted by atomic mass is 32.1. The van der Waals surface area contributed by atoms with Gasteiger partial charge in [0.15, 0.2) is 0 Å². The molecule has 0 aliphatic carbocycles. The van der Waals surface area contributed by atoms with E-state index in [0.717, 1.165) is 11.3 Å². The molecule has 0 aliphatic heterocycles. The lowest BCUT2D eigenvalue weighted by Crippen LogP contribution is -2.01. The molecule has 0 bridgehead atoms. The summed E-state index contributed by atoms with van der Waals surface area (Å²) in [5.74, 6) is -0.168. The zero-order valence-corrected chi connectivity index (χ0v) is 9.84. The van der Waals surface area contributed by atoms with Crippen LogP contribution in [0, 0.1) is 0 Å². The molecule has 0 radical (unpaired) electrons. The number of methoxy groups -OCH3 is 1. The fourth-order valence-electron chi connectivity index (χ4n) is 1.51. The largest absolute Gasteiger partial charge is 0.469 e. The third-order valence-corrected chi connectivity index (χ3v) is 3.28. The molecule has 0 amide bonds. The Morgan fingerprint density at radius 3 is 3.12 bits per heavy atom. The van der Waals surface area contributed by atoms with Gasteiger partial charge in [0.1, 0.15) is 0 Å². The molecule has 0 aliphatic rings. The van der Waals surface area contributed by atoms with Crippen LogP contribution in [0.5, 0.6) is 0 Å². The van der Waals surface area contributed by atoms with Gasteiger partial charge in [-0.1, -0.05) is 6.07 Å². The molecule has 0 aromatic carbocycles. The maximum atomic E-state index is 11.0. The normalized spacial score (nSPS) is 10.3. The summed E-state index contributed by atoms with van der Waals surface area (Å²) in [7, 11) is 1.41. The van der Waals surface area contributed by atoms with Crippen LogP contribution in [0.2, 0.25) is 0 Å². The molecular weight excluding hydrogens is 222 g/mol. The molecule has 4 heteroatoms. The van der Waals surface area contributed by atoms with Crippen molar-refractivity contribution in [1.29, 1.82) is 0 Å². The van der Waals surface area contributed by atoms with Gasteiger partial charge in [0, 0.05) is 12.6 Å². The number of aryl methyl sites for hydroxylation is 1. The van der Waals surface area contributed by atoms with Gasteiger partial charge in [-0.3, -0.25) is 4.79 Å². The highest BCUT2D eigenvalue weighted by Crippen LogP contribution is 2.24. The van der Waals surface area contributed by atoms with E-state index in [1.807, 2.05) is 17.6 Å². The average Bonchev–Trinajstić information content (AvgIpc) is 2.95. The number of H-pyrrole nitrogens is 1. The highest BCUT2D eigenvalue weighted by Gasteiger charge is 2.05. The smallest absolute Gasteiger partial charge is 0.305 e. The van der Waals surface area contributed by atoms with Crippen molar-refractivity contribution in [2.45, 2.75) is 12.8 Å². The number of hydrogen-bond acceptors (Lipinski definition) is 3. The number of hydrogen-bond donors (Lipinski definition) is 1. The van der Waals surface area contributed by atoms with Crippen LogP contribution in [0.3, 0.4) is 0 Å². The van der Waals surface area contributed by atoms with Crippen molar-refractivity contribution >= 4 is 17.3 Å². The van der Waals surface area contributed by atoms with Crippen molar-refractivity contribution in [2.24, 2.45) is 0 Å². The van der Waals surface area contributed by atoms with Gasteiger partial charge in [0.25, 0.3) is 0 Å². The summed E-state index contributed by atoms with van der Waals surface area (Å²) in [6.45, 7) is 0. The van der Waals surface area contributed by atoms with E-state index in [1.54, 1.807) is 11.3 Å². The molecule has 16 heavy (non-hydrogen) atoms. The van der Waals surface area contributed by atoms with Crippen LogP contribution in [0.1, 0.15) is 12.0 Å². The third kappa shape index (κ3) is 2.52. The molecule has 0 atom stereocenters. The lowest BCUT2D eigenvalue weighted by Gasteiger charge is -1.96. The summed E-state index contributed by atoms with van der Waals surface area (Å²) in [6.07, 6.45) is 3.09. The Morgan fingerprint density at radius 2 is 2.44 bits per heavy atom. The first-order valence-corrected chi connectivity index (χ1v) is 5.95. The number of carbonyl (C=O) groups excluding carboxylic acids is 1. The summed E-state index contributed by atoms with van der Waals surface area (Å²) in [6, 6.07) is 6.17. The van der Waals surface area contributed by atoms with Gasteiger partial charge in [-0.25, -0.2) is 0 Å². The molecule has 3 nitrogen and oxygen atoms in total. The molecule has 2 aromatic rings. The van der Waals surface area contributed by atoms with E-state index >= 15 is 0 Å². The fourth-order valence-corrected chi connectivity index (χ4v) is 2.21. The molecule has 0 saturated heterocycles. The number of esters is 1. The Balaban J connectivity index is 2.00. The van der Waals surface area contributed by atoms with Crippen LogP contribution in [-0.4, -0.2) is 18.1 Å². The van der Waals surface area contributed by atoms with E-state index in [4.69, 9.17) is 0 Å². The monoisotopic (exact) mass is 235 g/mol. The molecule has 0 fully saturated rings. The molecule has 0 saturated carbocycles. The minimum absolute atomic E-state index is 0.168. The van der Waals surface area contributed by atoms with Gasteiger partial charge in [0.05, 0.1) is 17.7 Å². The molecule has 2 aromatic heterocycles. The van der Waals surface area contributed by atoms with Crippen LogP contribution in [0.25, 0.3) is 10.6 Å². The van der Waals surface area contributed by atoms with Crippen LogP contribution in [-0.2, 0) is 16.0 Å². The van der Waals surface area contributed by atoms with E-state index in [1.165, 1.54) is 12.0 Å². The van der Waals surface area contributed by atoms with E-state index < -0.39 is 0 Å². The summed E-state index contributed by atoms with van der Waals surface area (Å²) in [5, 5.41) is 2.05. The standard InChI is InChI=1S/C12H13NO2S/c1-15-12(14)5-4-9-7-10(13-8-9)11-3-2-6-16-11/h2-3,6-8,13H,4-5H2,1H3. The number of ether oxygens (including phenoxy) is 1. The number of nitrogens with one attached hydrogen (secondary N) is 1. The lowest BCUT2D eigenvalue weighted by molar-refractivity contribution is -0.140. The predicted molar refractivity (Wildman–Crippen MR) is 64.4 cm³/mol. The first kappa shape index (κ1) is 11.0. The number of aromatic amines is 1. The van der Waals surface area contributed by atoms with Crippen molar-refractivity contribution in [2.75, 3.05) is 7.11 Å². The zero-order valence-electron chi connectivity index (χ0n) is 9.03. The summed E-state index contributed by atoms with van der Waals surface area (Å²) >= 11 is 1.70. The Bertz CT molecular complexity index is 459. The summed E-state index contributed by atoms with van der Waals surface area (Å²) < 4.78 is 4.60. The molecular formula is C12H13NO2S. The Hall–Kier alpha value is -1.55. The Morgan fingerprint density at radius 1 is 1.56 bits per heavy atom.